The van der Waals surface area contributed by atoms with E-state index in [9.17, 15) is 0 Å². The molecule has 14 rings (SSSR count). The van der Waals surface area contributed by atoms with E-state index in [0.29, 0.717) is 0 Å². The lowest BCUT2D eigenvalue weighted by Gasteiger charge is -2.26. The first-order valence-corrected chi connectivity index (χ1v) is 23.4. The molecule has 0 aliphatic carbocycles. The van der Waals surface area contributed by atoms with Gasteiger partial charge >= 0.3 is 0 Å². The Balaban J connectivity index is 1.33. The maximum absolute atomic E-state index is 6.34. The number of pyridine rings is 2. The minimum atomic E-state index is 0.824. The molecule has 68 heavy (non-hydrogen) atoms. The van der Waals surface area contributed by atoms with Crippen LogP contribution < -0.4 is 0 Å². The summed E-state index contributed by atoms with van der Waals surface area (Å²) < 4.78 is 9.86. The normalized spacial score (nSPS) is 12.1. The fourth-order valence-electron chi connectivity index (χ4n) is 11.4. The predicted octanol–water partition coefficient (Wildman–Crippen LogP) is 15.8. The highest BCUT2D eigenvalue weighted by Crippen LogP contribution is 2.49. The summed E-state index contributed by atoms with van der Waals surface area (Å²) in [6.45, 7) is 8.75. The number of aryl methyl sites for hydroxylation is 4. The summed E-state index contributed by atoms with van der Waals surface area (Å²) >= 11 is 0. The molecule has 0 aliphatic heterocycles. The lowest BCUT2D eigenvalue weighted by atomic mass is 10.0. The summed E-state index contributed by atoms with van der Waals surface area (Å²) in [4.78, 5) is 11.0. The van der Waals surface area contributed by atoms with Crippen molar-refractivity contribution in [2.24, 2.45) is 0 Å². The van der Waals surface area contributed by atoms with Gasteiger partial charge in [0.2, 0.25) is 0 Å². The first-order valence-electron chi connectivity index (χ1n) is 23.4. The van der Waals surface area contributed by atoms with Gasteiger partial charge in [0.1, 0.15) is 11.4 Å². The molecule has 0 saturated heterocycles. The number of para-hydroxylation sites is 4. The van der Waals surface area contributed by atoms with Gasteiger partial charge < -0.3 is 9.13 Å². The predicted molar refractivity (Wildman–Crippen MR) is 284 cm³/mol. The minimum absolute atomic E-state index is 0.824. The molecule has 0 radical (unpaired) electrons. The number of aromatic nitrogens is 6. The number of benzene rings is 8. The molecule has 8 aromatic carbocycles. The molecule has 0 atom stereocenters. The third-order valence-electron chi connectivity index (χ3n) is 14.3. The third-order valence-corrected chi connectivity index (χ3v) is 14.3. The van der Waals surface area contributed by atoms with Crippen LogP contribution in [0, 0.1) is 27.7 Å². The quantitative estimate of drug-likeness (QED) is 0.173. The Morgan fingerprint density at radius 3 is 0.912 bits per heavy atom. The standard InChI is InChI=1S/C62H44N6/c1-37-21-25-54-46(33-37)47-34-38(2)22-26-55(47)67(54)61-59(65-50-17-9-5-13-42(50)43-14-6-10-18-51(43)65)58(41-29-31-63-32-30-41)60(66-52-19-11-7-15-44(52)45-16-8-12-20-53(45)66)62(64-61)68-56-27-23-39(3)35-48(56)49-36-40(4)24-28-57(49)68/h5-36H,1-4H3. The van der Waals surface area contributed by atoms with Crippen LogP contribution in [0.5, 0.6) is 0 Å². The van der Waals surface area contributed by atoms with Crippen LogP contribution in [0.15, 0.2) is 194 Å². The summed E-state index contributed by atoms with van der Waals surface area (Å²) in [6.07, 6.45) is 3.86. The number of hydrogen-bond acceptors (Lipinski definition) is 2. The van der Waals surface area contributed by atoms with Crippen LogP contribution in [0.25, 0.3) is 121 Å². The highest BCUT2D eigenvalue weighted by molar-refractivity contribution is 6.16. The molecule has 0 bridgehead atoms. The summed E-state index contributed by atoms with van der Waals surface area (Å²) in [5, 5.41) is 9.50. The van der Waals surface area contributed by atoms with Gasteiger partial charge in [0.25, 0.3) is 0 Å². The maximum atomic E-state index is 6.34. The van der Waals surface area contributed by atoms with Crippen molar-refractivity contribution in [3.63, 3.8) is 0 Å². The maximum Gasteiger partial charge on any atom is 0.165 e. The Kier molecular flexibility index (Phi) is 8.15. The Morgan fingerprint density at radius 1 is 0.294 bits per heavy atom. The number of rotatable bonds is 5. The molecule has 14 aromatic rings. The Labute approximate surface area is 392 Å². The van der Waals surface area contributed by atoms with Gasteiger partial charge in [0.05, 0.1) is 44.1 Å². The highest BCUT2D eigenvalue weighted by atomic mass is 15.2. The number of hydrogen-bond donors (Lipinski definition) is 0. The molecule has 6 aromatic heterocycles. The topological polar surface area (TPSA) is 45.5 Å². The second kappa shape index (κ2) is 14.4. The molecule has 0 N–H and O–H groups in total. The van der Waals surface area contributed by atoms with E-state index >= 15 is 0 Å². The van der Waals surface area contributed by atoms with E-state index < -0.39 is 0 Å². The molecule has 322 valence electrons. The van der Waals surface area contributed by atoms with Crippen molar-refractivity contribution in [2.45, 2.75) is 27.7 Å². The summed E-state index contributed by atoms with van der Waals surface area (Å²) in [5.74, 6) is 1.65. The van der Waals surface area contributed by atoms with Gasteiger partial charge in [-0.1, -0.05) is 119 Å². The van der Waals surface area contributed by atoms with E-state index in [1.165, 1.54) is 65.3 Å². The Morgan fingerprint density at radius 2 is 0.588 bits per heavy atom. The fraction of sp³-hybridized carbons (Fsp3) is 0.0645. The van der Waals surface area contributed by atoms with Crippen LogP contribution in [0.1, 0.15) is 22.3 Å². The van der Waals surface area contributed by atoms with Crippen molar-refractivity contribution in [1.82, 2.24) is 28.2 Å². The van der Waals surface area contributed by atoms with Gasteiger partial charge in [-0.25, -0.2) is 4.98 Å². The van der Waals surface area contributed by atoms with Crippen molar-refractivity contribution >= 4 is 87.2 Å². The van der Waals surface area contributed by atoms with Crippen LogP contribution in [0.3, 0.4) is 0 Å². The smallest absolute Gasteiger partial charge is 0.165 e. The van der Waals surface area contributed by atoms with Crippen LogP contribution in [-0.2, 0) is 0 Å². The monoisotopic (exact) mass is 872 g/mol. The second-order valence-electron chi connectivity index (χ2n) is 18.6. The molecule has 6 heteroatoms. The molecule has 0 fully saturated rings. The summed E-state index contributed by atoms with van der Waals surface area (Å²) in [5.41, 5.74) is 17.6. The number of nitrogens with zero attached hydrogens (tertiary/aromatic N) is 6. The molecule has 0 saturated carbocycles. The van der Waals surface area contributed by atoms with Gasteiger partial charge in [0, 0.05) is 61.0 Å². The molecule has 0 unspecified atom stereocenters. The zero-order valence-corrected chi connectivity index (χ0v) is 38.2. The SMILES string of the molecule is Cc1ccc2c(c1)c1cc(C)ccc1n2-c1nc(-n2c3ccc(C)cc3c3cc(C)ccc32)c(-n2c3ccccc3c3ccccc32)c(-c2ccncc2)c1-n1c2ccccc2c2ccccc21. The Bertz CT molecular complexity index is 3940. The lowest BCUT2D eigenvalue weighted by Crippen LogP contribution is -2.16. The third kappa shape index (κ3) is 5.40. The first kappa shape index (κ1) is 38.5. The Hall–Kier alpha value is -8.74. The molecule has 0 spiro atoms. The summed E-state index contributed by atoms with van der Waals surface area (Å²) in [7, 11) is 0. The van der Waals surface area contributed by atoms with Crippen LogP contribution in [-0.4, -0.2) is 28.2 Å². The highest BCUT2D eigenvalue weighted by Gasteiger charge is 2.32. The van der Waals surface area contributed by atoms with E-state index in [1.54, 1.807) is 0 Å². The molecule has 6 nitrogen and oxygen atoms in total. The number of fused-ring (bicyclic) bond motifs is 12. The van der Waals surface area contributed by atoms with Gasteiger partial charge in [-0.15, -0.1) is 0 Å². The second-order valence-corrected chi connectivity index (χ2v) is 18.6. The molecule has 0 amide bonds. The van der Waals surface area contributed by atoms with Crippen molar-refractivity contribution in [2.75, 3.05) is 0 Å². The molecule has 0 aliphatic rings. The van der Waals surface area contributed by atoms with E-state index in [0.717, 1.165) is 78.3 Å². The van der Waals surface area contributed by atoms with E-state index in [2.05, 4.69) is 233 Å². The van der Waals surface area contributed by atoms with Crippen molar-refractivity contribution in [1.29, 1.82) is 0 Å². The van der Waals surface area contributed by atoms with E-state index in [1.807, 2.05) is 12.4 Å². The van der Waals surface area contributed by atoms with E-state index in [4.69, 9.17) is 4.98 Å². The average Bonchev–Trinajstić information content (AvgIpc) is 4.08. The largest absolute Gasteiger partial charge is 0.305 e. The van der Waals surface area contributed by atoms with Gasteiger partial charge in [0.15, 0.2) is 11.6 Å². The minimum Gasteiger partial charge on any atom is -0.305 e. The zero-order valence-electron chi connectivity index (χ0n) is 38.2. The van der Waals surface area contributed by atoms with Crippen LogP contribution in [0.2, 0.25) is 0 Å². The lowest BCUT2D eigenvalue weighted by molar-refractivity contribution is 0.960. The summed E-state index contributed by atoms with van der Waals surface area (Å²) in [6, 6.07) is 67.1. The molecular formula is C62H44N6. The fourth-order valence-corrected chi connectivity index (χ4v) is 11.4. The van der Waals surface area contributed by atoms with E-state index in [-0.39, 0.29) is 0 Å². The van der Waals surface area contributed by atoms with Crippen molar-refractivity contribution in [3.05, 3.63) is 217 Å². The van der Waals surface area contributed by atoms with Gasteiger partial charge in [-0.3, -0.25) is 14.1 Å². The zero-order chi connectivity index (χ0) is 45.4. The van der Waals surface area contributed by atoms with Gasteiger partial charge in [-0.2, -0.15) is 0 Å². The average molecular weight is 873 g/mol. The molecular weight excluding hydrogens is 829 g/mol. The van der Waals surface area contributed by atoms with Crippen LogP contribution >= 0.6 is 0 Å². The first-order chi connectivity index (χ1) is 33.4. The van der Waals surface area contributed by atoms with Crippen molar-refractivity contribution < 1.29 is 0 Å². The molecule has 6 heterocycles. The van der Waals surface area contributed by atoms with Crippen LogP contribution in [0.4, 0.5) is 0 Å². The van der Waals surface area contributed by atoms with Crippen molar-refractivity contribution in [3.8, 4) is 34.1 Å². The van der Waals surface area contributed by atoms with Gasteiger partial charge in [-0.05, 0) is 118 Å².